The molecule has 102 valence electrons. The van der Waals surface area contributed by atoms with E-state index in [2.05, 4.69) is 69.7 Å². The van der Waals surface area contributed by atoms with Crippen molar-refractivity contribution in [3.05, 3.63) is 57.9 Å². The van der Waals surface area contributed by atoms with Crippen molar-refractivity contribution in [3.63, 3.8) is 0 Å². The van der Waals surface area contributed by atoms with Crippen LogP contribution < -0.4 is 5.32 Å². The first-order chi connectivity index (χ1) is 9.79. The number of nitrogens with one attached hydrogen (secondary N) is 1. The summed E-state index contributed by atoms with van der Waals surface area (Å²) in [7, 11) is 0. The van der Waals surface area contributed by atoms with Gasteiger partial charge in [0, 0.05) is 15.8 Å². The number of nitrogens with zero attached hydrogens (tertiary/aromatic N) is 2. The lowest BCUT2D eigenvalue weighted by Gasteiger charge is -2.09. The van der Waals surface area contributed by atoms with Crippen LogP contribution in [0.1, 0.15) is 12.7 Å². The number of anilines is 1. The number of benzene rings is 2. The van der Waals surface area contributed by atoms with E-state index >= 15 is 0 Å². The first-order valence-electron chi connectivity index (χ1n) is 6.72. The highest BCUT2D eigenvalue weighted by molar-refractivity contribution is 14.1. The summed E-state index contributed by atoms with van der Waals surface area (Å²) in [5.41, 5.74) is 3.42. The SMILES string of the molecule is CCn1c(CNc2ccccc2I)nc2ccccc21. The molecule has 0 fully saturated rings. The molecule has 0 amide bonds. The van der Waals surface area contributed by atoms with Gasteiger partial charge in [-0.2, -0.15) is 0 Å². The molecule has 0 aliphatic rings. The molecule has 20 heavy (non-hydrogen) atoms. The van der Waals surface area contributed by atoms with E-state index < -0.39 is 0 Å². The van der Waals surface area contributed by atoms with Crippen LogP contribution in [0.4, 0.5) is 5.69 Å². The van der Waals surface area contributed by atoms with Gasteiger partial charge in [0.2, 0.25) is 0 Å². The number of aromatic nitrogens is 2. The van der Waals surface area contributed by atoms with Gasteiger partial charge in [-0.1, -0.05) is 24.3 Å². The smallest absolute Gasteiger partial charge is 0.129 e. The predicted octanol–water partition coefficient (Wildman–Crippen LogP) is 4.27. The number of para-hydroxylation sites is 3. The van der Waals surface area contributed by atoms with Crippen LogP contribution in [0, 0.1) is 3.57 Å². The molecular weight excluding hydrogens is 361 g/mol. The summed E-state index contributed by atoms with van der Waals surface area (Å²) in [5, 5.41) is 3.47. The van der Waals surface area contributed by atoms with Crippen molar-refractivity contribution in [1.82, 2.24) is 9.55 Å². The van der Waals surface area contributed by atoms with E-state index in [4.69, 9.17) is 4.98 Å². The first-order valence-corrected chi connectivity index (χ1v) is 7.80. The molecule has 1 heterocycles. The van der Waals surface area contributed by atoms with Crippen molar-refractivity contribution in [2.45, 2.75) is 20.0 Å². The molecule has 0 saturated carbocycles. The second-order valence-corrected chi connectivity index (χ2v) is 5.76. The van der Waals surface area contributed by atoms with E-state index in [0.717, 1.165) is 30.1 Å². The highest BCUT2D eigenvalue weighted by Crippen LogP contribution is 2.20. The fourth-order valence-corrected chi connectivity index (χ4v) is 2.97. The fraction of sp³-hybridized carbons (Fsp3) is 0.188. The summed E-state index contributed by atoms with van der Waals surface area (Å²) < 4.78 is 3.49. The van der Waals surface area contributed by atoms with Crippen molar-refractivity contribution in [1.29, 1.82) is 0 Å². The topological polar surface area (TPSA) is 29.9 Å². The van der Waals surface area contributed by atoms with E-state index in [1.165, 1.54) is 9.09 Å². The highest BCUT2D eigenvalue weighted by Gasteiger charge is 2.08. The molecule has 0 spiro atoms. The molecule has 3 nitrogen and oxygen atoms in total. The molecule has 0 atom stereocenters. The van der Waals surface area contributed by atoms with Crippen LogP contribution in [0.3, 0.4) is 0 Å². The van der Waals surface area contributed by atoms with Gasteiger partial charge in [0.25, 0.3) is 0 Å². The largest absolute Gasteiger partial charge is 0.377 e. The summed E-state index contributed by atoms with van der Waals surface area (Å²) in [6, 6.07) is 16.6. The molecule has 0 unspecified atom stereocenters. The zero-order valence-electron chi connectivity index (χ0n) is 11.3. The van der Waals surface area contributed by atoms with E-state index in [-0.39, 0.29) is 0 Å². The summed E-state index contributed by atoms with van der Waals surface area (Å²) in [6.45, 7) is 3.83. The summed E-state index contributed by atoms with van der Waals surface area (Å²) in [5.74, 6) is 1.08. The molecule has 0 aliphatic heterocycles. The number of hydrogen-bond acceptors (Lipinski definition) is 2. The Morgan fingerprint density at radius 2 is 1.85 bits per heavy atom. The molecular formula is C16H16IN3. The standard InChI is InChI=1S/C16H16IN3/c1-2-20-15-10-6-5-9-14(15)19-16(20)11-18-13-8-4-3-7-12(13)17/h3-10,18H,2,11H2,1H3. The Labute approximate surface area is 132 Å². The molecule has 1 aromatic heterocycles. The summed E-state index contributed by atoms with van der Waals surface area (Å²) >= 11 is 2.35. The Morgan fingerprint density at radius 3 is 2.65 bits per heavy atom. The Morgan fingerprint density at radius 1 is 1.10 bits per heavy atom. The number of rotatable bonds is 4. The second-order valence-electron chi connectivity index (χ2n) is 4.59. The lowest BCUT2D eigenvalue weighted by molar-refractivity contribution is 0.729. The predicted molar refractivity (Wildman–Crippen MR) is 91.9 cm³/mol. The van der Waals surface area contributed by atoms with E-state index in [1.807, 2.05) is 18.2 Å². The quantitative estimate of drug-likeness (QED) is 0.689. The Balaban J connectivity index is 1.89. The minimum atomic E-state index is 0.739. The third-order valence-corrected chi connectivity index (χ3v) is 4.30. The average Bonchev–Trinajstić information content (AvgIpc) is 2.84. The minimum absolute atomic E-state index is 0.739. The number of hydrogen-bond donors (Lipinski definition) is 1. The van der Waals surface area contributed by atoms with Crippen molar-refractivity contribution in [2.75, 3.05) is 5.32 Å². The Kier molecular flexibility index (Phi) is 3.91. The van der Waals surface area contributed by atoms with Gasteiger partial charge in [0.1, 0.15) is 5.82 Å². The number of halogens is 1. The van der Waals surface area contributed by atoms with Gasteiger partial charge in [-0.3, -0.25) is 0 Å². The molecule has 2 aromatic carbocycles. The number of aryl methyl sites for hydroxylation is 1. The van der Waals surface area contributed by atoms with Gasteiger partial charge < -0.3 is 9.88 Å². The van der Waals surface area contributed by atoms with E-state index in [9.17, 15) is 0 Å². The van der Waals surface area contributed by atoms with Crippen LogP contribution in [0.15, 0.2) is 48.5 Å². The third kappa shape index (κ3) is 2.52. The van der Waals surface area contributed by atoms with E-state index in [0.29, 0.717) is 0 Å². The van der Waals surface area contributed by atoms with Crippen LogP contribution >= 0.6 is 22.6 Å². The zero-order valence-corrected chi connectivity index (χ0v) is 13.5. The van der Waals surface area contributed by atoms with Crippen LogP contribution in [-0.4, -0.2) is 9.55 Å². The molecule has 0 bridgehead atoms. The Bertz CT molecular complexity index is 733. The summed E-state index contributed by atoms with van der Waals surface area (Å²) in [6.07, 6.45) is 0. The molecule has 3 rings (SSSR count). The van der Waals surface area contributed by atoms with Crippen LogP contribution in [0.5, 0.6) is 0 Å². The van der Waals surface area contributed by atoms with Gasteiger partial charge in [0.05, 0.1) is 17.6 Å². The minimum Gasteiger partial charge on any atom is -0.377 e. The van der Waals surface area contributed by atoms with Crippen molar-refractivity contribution in [3.8, 4) is 0 Å². The first kappa shape index (κ1) is 13.4. The molecule has 0 aliphatic carbocycles. The maximum Gasteiger partial charge on any atom is 0.129 e. The molecule has 3 aromatic rings. The average molecular weight is 377 g/mol. The monoisotopic (exact) mass is 377 g/mol. The maximum atomic E-state index is 4.73. The van der Waals surface area contributed by atoms with Gasteiger partial charge in [0.15, 0.2) is 0 Å². The molecule has 0 radical (unpaired) electrons. The molecule has 0 saturated heterocycles. The van der Waals surface area contributed by atoms with Gasteiger partial charge >= 0.3 is 0 Å². The molecule has 4 heteroatoms. The number of imidazole rings is 1. The second kappa shape index (κ2) is 5.83. The van der Waals surface area contributed by atoms with Gasteiger partial charge in [-0.05, 0) is 53.8 Å². The van der Waals surface area contributed by atoms with Crippen LogP contribution in [0.25, 0.3) is 11.0 Å². The fourth-order valence-electron chi connectivity index (χ4n) is 2.39. The summed E-state index contributed by atoms with van der Waals surface area (Å²) in [4.78, 5) is 4.73. The van der Waals surface area contributed by atoms with Crippen molar-refractivity contribution in [2.24, 2.45) is 0 Å². The maximum absolute atomic E-state index is 4.73. The van der Waals surface area contributed by atoms with Crippen molar-refractivity contribution >= 4 is 39.3 Å². The van der Waals surface area contributed by atoms with Crippen LogP contribution in [-0.2, 0) is 13.1 Å². The zero-order chi connectivity index (χ0) is 13.9. The van der Waals surface area contributed by atoms with Crippen molar-refractivity contribution < 1.29 is 0 Å². The van der Waals surface area contributed by atoms with Gasteiger partial charge in [-0.25, -0.2) is 4.98 Å². The highest BCUT2D eigenvalue weighted by atomic mass is 127. The Hall–Kier alpha value is -1.56. The lowest BCUT2D eigenvalue weighted by atomic mass is 10.3. The normalized spacial score (nSPS) is 10.9. The third-order valence-electron chi connectivity index (χ3n) is 3.36. The van der Waals surface area contributed by atoms with Crippen LogP contribution in [0.2, 0.25) is 0 Å². The molecule has 1 N–H and O–H groups in total. The van der Waals surface area contributed by atoms with E-state index in [1.54, 1.807) is 0 Å². The van der Waals surface area contributed by atoms with Gasteiger partial charge in [-0.15, -0.1) is 0 Å². The lowest BCUT2D eigenvalue weighted by Crippen LogP contribution is -2.08. The number of fused-ring (bicyclic) bond motifs is 1.